The molecule has 6 nitrogen and oxygen atoms in total. The molecule has 104 valence electrons. The topological polar surface area (TPSA) is 96.6 Å². The van der Waals surface area contributed by atoms with Crippen LogP contribution in [0.1, 0.15) is 13.3 Å². The smallest absolute Gasteiger partial charge is 0.210 e. The molecule has 1 fully saturated rings. The number of aliphatic imine (C=N–C) groups is 1. The third-order valence-corrected chi connectivity index (χ3v) is 4.93. The van der Waals surface area contributed by atoms with E-state index in [0.29, 0.717) is 12.4 Å². The van der Waals surface area contributed by atoms with Gasteiger partial charge < -0.3 is 5.32 Å². The lowest BCUT2D eigenvalue weighted by molar-refractivity contribution is 0.531. The van der Waals surface area contributed by atoms with Crippen LogP contribution in [0.2, 0.25) is 0 Å². The molecule has 0 saturated carbocycles. The predicted octanol–water partition coefficient (Wildman–Crippen LogP) is 0.495. The lowest BCUT2D eigenvalue weighted by atomic mass is 10.0. The summed E-state index contributed by atoms with van der Waals surface area (Å²) in [7, 11) is -2.98. The number of guanidine groups is 1. The number of nitrogens with one attached hydrogen (secondary N) is 2. The van der Waals surface area contributed by atoms with Crippen LogP contribution in [0.5, 0.6) is 0 Å². The minimum atomic E-state index is -2.98. The summed E-state index contributed by atoms with van der Waals surface area (Å²) in [5.74, 6) is 6.03. The standard InChI is InChI=1S/C12H18N4O2S/c1-12(7-8-19(17,18)9-12)15-11(16-13)14-10-5-3-2-4-6-10/h2-6H,7-9,13H2,1H3,(H2,14,15,16). The number of benzene rings is 1. The Morgan fingerprint density at radius 3 is 2.58 bits per heavy atom. The van der Waals surface area contributed by atoms with Crippen LogP contribution in [0.25, 0.3) is 0 Å². The molecule has 1 aliphatic heterocycles. The Morgan fingerprint density at radius 1 is 1.37 bits per heavy atom. The van der Waals surface area contributed by atoms with E-state index in [1.807, 2.05) is 37.3 Å². The summed E-state index contributed by atoms with van der Waals surface area (Å²) in [4.78, 5) is 4.41. The molecule has 0 aliphatic carbocycles. The van der Waals surface area contributed by atoms with E-state index >= 15 is 0 Å². The first kappa shape index (κ1) is 13.8. The summed E-state index contributed by atoms with van der Waals surface area (Å²) < 4.78 is 23.1. The van der Waals surface area contributed by atoms with E-state index in [1.54, 1.807) is 0 Å². The molecule has 7 heteroatoms. The number of nitrogens with zero attached hydrogens (tertiary/aromatic N) is 1. The van der Waals surface area contributed by atoms with Crippen LogP contribution in [0, 0.1) is 0 Å². The van der Waals surface area contributed by atoms with E-state index < -0.39 is 15.4 Å². The molecule has 1 heterocycles. The third-order valence-electron chi connectivity index (χ3n) is 3.04. The normalized spacial score (nSPS) is 26.1. The van der Waals surface area contributed by atoms with Crippen LogP contribution in [-0.4, -0.2) is 31.4 Å². The fourth-order valence-electron chi connectivity index (χ4n) is 2.11. The number of hydrogen-bond acceptors (Lipinski definition) is 4. The van der Waals surface area contributed by atoms with E-state index in [-0.39, 0.29) is 11.5 Å². The second-order valence-corrected chi connectivity index (χ2v) is 7.12. The van der Waals surface area contributed by atoms with E-state index in [1.165, 1.54) is 0 Å². The van der Waals surface area contributed by atoms with Gasteiger partial charge in [0.2, 0.25) is 5.96 Å². The fourth-order valence-corrected chi connectivity index (χ4v) is 4.16. The number of sulfone groups is 1. The number of nitrogens with two attached hydrogens (primary N) is 1. The molecule has 19 heavy (non-hydrogen) atoms. The summed E-state index contributed by atoms with van der Waals surface area (Å²) in [5.41, 5.74) is 2.69. The summed E-state index contributed by atoms with van der Waals surface area (Å²) in [6.45, 7) is 1.82. The Labute approximate surface area is 113 Å². The molecular formula is C12H18N4O2S. The molecule has 1 saturated heterocycles. The van der Waals surface area contributed by atoms with Crippen molar-refractivity contribution in [2.24, 2.45) is 10.8 Å². The maximum Gasteiger partial charge on any atom is 0.210 e. The van der Waals surface area contributed by atoms with Crippen LogP contribution in [-0.2, 0) is 9.84 Å². The van der Waals surface area contributed by atoms with Crippen molar-refractivity contribution in [1.29, 1.82) is 0 Å². The number of hydrogen-bond donors (Lipinski definition) is 3. The maximum atomic E-state index is 11.5. The van der Waals surface area contributed by atoms with Crippen molar-refractivity contribution < 1.29 is 8.42 Å². The highest BCUT2D eigenvalue weighted by atomic mass is 32.2. The fraction of sp³-hybridized carbons (Fsp3) is 0.417. The molecule has 1 atom stereocenters. The molecule has 0 radical (unpaired) electrons. The van der Waals surface area contributed by atoms with Gasteiger partial charge in [0, 0.05) is 5.69 Å². The van der Waals surface area contributed by atoms with Crippen LogP contribution in [0.3, 0.4) is 0 Å². The minimum absolute atomic E-state index is 0.0572. The van der Waals surface area contributed by atoms with Crippen molar-refractivity contribution in [3.05, 3.63) is 30.3 Å². The molecule has 0 spiro atoms. The molecule has 1 unspecified atom stereocenters. The first-order chi connectivity index (χ1) is 8.92. The summed E-state index contributed by atoms with van der Waals surface area (Å²) in [5, 5.41) is 3.03. The van der Waals surface area contributed by atoms with Crippen LogP contribution in [0.15, 0.2) is 35.3 Å². The van der Waals surface area contributed by atoms with Gasteiger partial charge in [0.25, 0.3) is 0 Å². The SMILES string of the molecule is CC1(N=C(NN)Nc2ccccc2)CCS(=O)(=O)C1. The molecule has 0 aromatic heterocycles. The average molecular weight is 282 g/mol. The average Bonchev–Trinajstić information content (AvgIpc) is 2.64. The molecule has 1 aromatic rings. The quantitative estimate of drug-likeness (QED) is 0.317. The molecule has 2 rings (SSSR count). The zero-order chi connectivity index (χ0) is 13.9. The molecule has 0 bridgehead atoms. The Bertz CT molecular complexity index is 571. The monoisotopic (exact) mass is 282 g/mol. The van der Waals surface area contributed by atoms with E-state index in [9.17, 15) is 8.42 Å². The highest BCUT2D eigenvalue weighted by molar-refractivity contribution is 7.91. The van der Waals surface area contributed by atoms with Gasteiger partial charge in [-0.2, -0.15) is 0 Å². The van der Waals surface area contributed by atoms with Gasteiger partial charge in [0.15, 0.2) is 9.84 Å². The van der Waals surface area contributed by atoms with Crippen molar-refractivity contribution in [1.82, 2.24) is 5.43 Å². The molecule has 1 aromatic carbocycles. The third kappa shape index (κ3) is 3.68. The second-order valence-electron chi connectivity index (χ2n) is 4.93. The highest BCUT2D eigenvalue weighted by Crippen LogP contribution is 2.26. The van der Waals surface area contributed by atoms with E-state index in [0.717, 1.165) is 5.69 Å². The Balaban J connectivity index is 2.16. The Hall–Kier alpha value is -1.60. The van der Waals surface area contributed by atoms with Crippen molar-refractivity contribution in [3.63, 3.8) is 0 Å². The van der Waals surface area contributed by atoms with Gasteiger partial charge in [-0.1, -0.05) is 18.2 Å². The number of para-hydroxylation sites is 1. The predicted molar refractivity (Wildman–Crippen MR) is 76.5 cm³/mol. The van der Waals surface area contributed by atoms with Gasteiger partial charge in [0.1, 0.15) is 0 Å². The zero-order valence-electron chi connectivity index (χ0n) is 10.8. The van der Waals surface area contributed by atoms with Crippen LogP contribution in [0.4, 0.5) is 5.69 Å². The number of anilines is 1. The van der Waals surface area contributed by atoms with Crippen LogP contribution < -0.4 is 16.6 Å². The van der Waals surface area contributed by atoms with Gasteiger partial charge >= 0.3 is 0 Å². The Kier molecular flexibility index (Phi) is 3.77. The van der Waals surface area contributed by atoms with Gasteiger partial charge in [-0.15, -0.1) is 0 Å². The van der Waals surface area contributed by atoms with E-state index in [2.05, 4.69) is 15.7 Å². The lowest BCUT2D eigenvalue weighted by Gasteiger charge is -2.19. The van der Waals surface area contributed by atoms with Gasteiger partial charge in [0.05, 0.1) is 17.0 Å². The van der Waals surface area contributed by atoms with Gasteiger partial charge in [-0.05, 0) is 25.5 Å². The number of rotatable bonds is 2. The van der Waals surface area contributed by atoms with Crippen molar-refractivity contribution in [3.8, 4) is 0 Å². The van der Waals surface area contributed by atoms with Gasteiger partial charge in [-0.3, -0.25) is 5.43 Å². The van der Waals surface area contributed by atoms with E-state index in [4.69, 9.17) is 5.84 Å². The largest absolute Gasteiger partial charge is 0.325 e. The zero-order valence-corrected chi connectivity index (χ0v) is 11.6. The first-order valence-electron chi connectivity index (χ1n) is 6.01. The second kappa shape index (κ2) is 5.18. The first-order valence-corrected chi connectivity index (χ1v) is 7.84. The molecular weight excluding hydrogens is 264 g/mol. The lowest BCUT2D eigenvalue weighted by Crippen LogP contribution is -2.39. The highest BCUT2D eigenvalue weighted by Gasteiger charge is 2.38. The molecule has 0 amide bonds. The summed E-state index contributed by atoms with van der Waals surface area (Å²) in [6, 6.07) is 9.43. The van der Waals surface area contributed by atoms with Crippen molar-refractivity contribution >= 4 is 21.5 Å². The maximum absolute atomic E-state index is 11.5. The van der Waals surface area contributed by atoms with Crippen molar-refractivity contribution in [2.75, 3.05) is 16.8 Å². The van der Waals surface area contributed by atoms with Crippen LogP contribution >= 0.6 is 0 Å². The Morgan fingerprint density at radius 2 is 2.05 bits per heavy atom. The van der Waals surface area contributed by atoms with Crippen molar-refractivity contribution in [2.45, 2.75) is 18.9 Å². The summed E-state index contributed by atoms with van der Waals surface area (Å²) >= 11 is 0. The number of hydrazine groups is 1. The summed E-state index contributed by atoms with van der Waals surface area (Å²) in [6.07, 6.45) is 0.511. The molecule has 1 aliphatic rings. The van der Waals surface area contributed by atoms with Gasteiger partial charge in [-0.25, -0.2) is 19.3 Å². The molecule has 4 N–H and O–H groups in total. The minimum Gasteiger partial charge on any atom is -0.325 e.